The van der Waals surface area contributed by atoms with Crippen molar-refractivity contribution in [2.45, 2.75) is 36.3 Å². The molecule has 0 aliphatic carbocycles. The summed E-state index contributed by atoms with van der Waals surface area (Å²) in [5.41, 5.74) is 7.45. The number of benzene rings is 2. The van der Waals surface area contributed by atoms with E-state index in [0.29, 0.717) is 0 Å². The largest absolute Gasteiger partial charge is 0.306 e. The van der Waals surface area contributed by atoms with E-state index in [2.05, 4.69) is 84.2 Å². The molecule has 0 N–H and O–H groups in total. The van der Waals surface area contributed by atoms with Crippen LogP contribution in [0.15, 0.2) is 57.4 Å². The predicted octanol–water partition coefficient (Wildman–Crippen LogP) is 6.26. The Morgan fingerprint density at radius 3 is 2.40 bits per heavy atom. The van der Waals surface area contributed by atoms with Crippen LogP contribution in [-0.2, 0) is 4.75 Å². The molecule has 2 aliphatic rings. The Morgan fingerprint density at radius 1 is 1.04 bits per heavy atom. The van der Waals surface area contributed by atoms with Gasteiger partial charge in [-0.1, -0.05) is 51.3 Å². The Morgan fingerprint density at radius 2 is 1.72 bits per heavy atom. The van der Waals surface area contributed by atoms with Crippen LogP contribution in [0.1, 0.15) is 36.5 Å². The van der Waals surface area contributed by atoms with Gasteiger partial charge in [-0.25, -0.2) is 0 Å². The van der Waals surface area contributed by atoms with Crippen molar-refractivity contribution < 1.29 is 0 Å². The molecule has 0 spiro atoms. The van der Waals surface area contributed by atoms with Gasteiger partial charge in [0.1, 0.15) is 0 Å². The van der Waals surface area contributed by atoms with E-state index in [-0.39, 0.29) is 4.75 Å². The Kier molecular flexibility index (Phi) is 4.59. The topological polar surface area (TPSA) is 3.24 Å². The third kappa shape index (κ3) is 3.11. The fraction of sp³-hybridized carbons (Fsp3) is 0.364. The van der Waals surface area contributed by atoms with E-state index in [9.17, 15) is 0 Å². The first kappa shape index (κ1) is 17.4. The van der Waals surface area contributed by atoms with Crippen molar-refractivity contribution in [3.05, 3.63) is 69.2 Å². The molecule has 2 aliphatic heterocycles. The second-order valence-electron chi connectivity index (χ2n) is 7.42. The fourth-order valence-electron chi connectivity index (χ4n) is 4.09. The Hall–Kier alpha value is -1.03. The van der Waals surface area contributed by atoms with Gasteiger partial charge < -0.3 is 4.90 Å². The van der Waals surface area contributed by atoms with E-state index in [4.69, 9.17) is 0 Å². The maximum absolute atomic E-state index is 3.58. The first-order valence-electron chi connectivity index (χ1n) is 8.94. The molecule has 0 bridgehead atoms. The molecule has 1 unspecified atom stereocenters. The molecule has 1 saturated heterocycles. The van der Waals surface area contributed by atoms with Gasteiger partial charge in [0.15, 0.2) is 0 Å². The lowest BCUT2D eigenvalue weighted by Gasteiger charge is -2.32. The molecule has 4 rings (SSSR count). The van der Waals surface area contributed by atoms with Crippen molar-refractivity contribution in [3.63, 3.8) is 0 Å². The maximum Gasteiger partial charge on any atom is 0.0681 e. The third-order valence-corrected chi connectivity index (χ3v) is 7.49. The molecule has 0 aromatic heterocycles. The molecular weight excluding hydrogens is 390 g/mol. The summed E-state index contributed by atoms with van der Waals surface area (Å²) in [5.74, 6) is 0. The minimum absolute atomic E-state index is 0.00205. The number of likely N-dealkylation sites (tertiary alicyclic amines) is 1. The SMILES string of the molecule is Cc1ccc2c(c1)C(=C1CCN(C)CC1)C(C)(c1ccc(Br)cc1)S2. The summed E-state index contributed by atoms with van der Waals surface area (Å²) < 4.78 is 1.15. The summed E-state index contributed by atoms with van der Waals surface area (Å²) >= 11 is 5.61. The number of piperidine rings is 1. The molecule has 25 heavy (non-hydrogen) atoms. The van der Waals surface area contributed by atoms with Crippen LogP contribution in [-0.4, -0.2) is 25.0 Å². The van der Waals surface area contributed by atoms with Gasteiger partial charge >= 0.3 is 0 Å². The van der Waals surface area contributed by atoms with Gasteiger partial charge in [0.25, 0.3) is 0 Å². The maximum atomic E-state index is 3.58. The zero-order valence-corrected chi connectivity index (χ0v) is 17.5. The number of hydrogen-bond acceptors (Lipinski definition) is 2. The zero-order valence-electron chi connectivity index (χ0n) is 15.1. The number of aryl methyl sites for hydroxylation is 1. The van der Waals surface area contributed by atoms with Crippen molar-refractivity contribution in [1.82, 2.24) is 4.90 Å². The highest BCUT2D eigenvalue weighted by atomic mass is 79.9. The molecule has 0 amide bonds. The van der Waals surface area contributed by atoms with Gasteiger partial charge in [-0.2, -0.15) is 0 Å². The number of nitrogens with zero attached hydrogens (tertiary/aromatic N) is 1. The van der Waals surface area contributed by atoms with Crippen LogP contribution in [0.2, 0.25) is 0 Å². The van der Waals surface area contributed by atoms with Crippen LogP contribution in [0.3, 0.4) is 0 Å². The molecule has 1 atom stereocenters. The molecule has 3 heteroatoms. The summed E-state index contributed by atoms with van der Waals surface area (Å²) in [4.78, 5) is 3.87. The van der Waals surface area contributed by atoms with Crippen LogP contribution >= 0.6 is 27.7 Å². The van der Waals surface area contributed by atoms with Gasteiger partial charge in [0.05, 0.1) is 4.75 Å². The predicted molar refractivity (Wildman–Crippen MR) is 112 cm³/mol. The lowest BCUT2D eigenvalue weighted by atomic mass is 9.81. The number of hydrogen-bond donors (Lipinski definition) is 0. The minimum Gasteiger partial charge on any atom is -0.306 e. The Balaban J connectivity index is 1.89. The van der Waals surface area contributed by atoms with E-state index >= 15 is 0 Å². The average Bonchev–Trinajstić information content (AvgIpc) is 2.89. The molecule has 1 fully saturated rings. The Bertz CT molecular complexity index is 830. The lowest BCUT2D eigenvalue weighted by Crippen LogP contribution is -2.28. The first-order chi connectivity index (χ1) is 12.0. The first-order valence-corrected chi connectivity index (χ1v) is 10.6. The lowest BCUT2D eigenvalue weighted by molar-refractivity contribution is 0.312. The molecule has 2 aromatic carbocycles. The van der Waals surface area contributed by atoms with Gasteiger partial charge in [-0.05, 0) is 68.6 Å². The van der Waals surface area contributed by atoms with Crippen LogP contribution in [0, 0.1) is 6.92 Å². The van der Waals surface area contributed by atoms with E-state index in [0.717, 1.165) is 4.47 Å². The summed E-state index contributed by atoms with van der Waals surface area (Å²) in [5, 5.41) is 0. The number of fused-ring (bicyclic) bond motifs is 1. The van der Waals surface area contributed by atoms with E-state index in [1.807, 2.05) is 11.8 Å². The molecule has 1 nitrogen and oxygen atoms in total. The van der Waals surface area contributed by atoms with Gasteiger partial charge in [-0.3, -0.25) is 0 Å². The van der Waals surface area contributed by atoms with Crippen molar-refractivity contribution in [2.75, 3.05) is 20.1 Å². The second kappa shape index (κ2) is 6.61. The summed E-state index contributed by atoms with van der Waals surface area (Å²) in [7, 11) is 2.23. The monoisotopic (exact) mass is 413 g/mol. The normalized spacial score (nSPS) is 23.8. The summed E-state index contributed by atoms with van der Waals surface area (Å²) in [6.07, 6.45) is 2.37. The summed E-state index contributed by atoms with van der Waals surface area (Å²) in [6, 6.07) is 15.9. The van der Waals surface area contributed by atoms with Crippen LogP contribution in [0.4, 0.5) is 0 Å². The third-order valence-electron chi connectivity index (χ3n) is 5.53. The highest BCUT2D eigenvalue weighted by molar-refractivity contribution is 9.10. The van der Waals surface area contributed by atoms with E-state index in [1.54, 1.807) is 11.1 Å². The number of thioether (sulfide) groups is 1. The van der Waals surface area contributed by atoms with E-state index < -0.39 is 0 Å². The molecule has 0 saturated carbocycles. The molecule has 2 aromatic rings. The Labute approximate surface area is 163 Å². The summed E-state index contributed by atoms with van der Waals surface area (Å²) in [6.45, 7) is 6.95. The van der Waals surface area contributed by atoms with Crippen molar-refractivity contribution in [3.8, 4) is 0 Å². The average molecular weight is 414 g/mol. The molecule has 0 radical (unpaired) electrons. The van der Waals surface area contributed by atoms with Crippen molar-refractivity contribution in [1.29, 1.82) is 0 Å². The number of halogens is 1. The standard InChI is InChI=1S/C22H24BrNS/c1-15-4-9-20-19(14-15)21(16-10-12-24(3)13-11-16)22(2,25-20)17-5-7-18(23)8-6-17/h4-9,14H,10-13H2,1-3H3. The molecular formula is C22H24BrNS. The molecule has 2 heterocycles. The van der Waals surface area contributed by atoms with Gasteiger partial charge in [-0.15, -0.1) is 11.8 Å². The molecule has 130 valence electrons. The van der Waals surface area contributed by atoms with Crippen LogP contribution in [0.25, 0.3) is 5.57 Å². The van der Waals surface area contributed by atoms with E-state index in [1.165, 1.54) is 47.5 Å². The fourth-order valence-corrected chi connectivity index (χ4v) is 5.82. The highest BCUT2D eigenvalue weighted by Crippen LogP contribution is 2.60. The number of rotatable bonds is 1. The second-order valence-corrected chi connectivity index (χ2v) is 9.80. The quantitative estimate of drug-likeness (QED) is 0.542. The highest BCUT2D eigenvalue weighted by Gasteiger charge is 2.42. The van der Waals surface area contributed by atoms with Crippen molar-refractivity contribution in [2.24, 2.45) is 0 Å². The minimum atomic E-state index is 0.00205. The van der Waals surface area contributed by atoms with Crippen LogP contribution < -0.4 is 0 Å². The smallest absolute Gasteiger partial charge is 0.0681 e. The van der Waals surface area contributed by atoms with Gasteiger partial charge in [0, 0.05) is 22.5 Å². The van der Waals surface area contributed by atoms with Crippen molar-refractivity contribution >= 4 is 33.3 Å². The van der Waals surface area contributed by atoms with Crippen LogP contribution in [0.5, 0.6) is 0 Å². The zero-order chi connectivity index (χ0) is 17.6. The van der Waals surface area contributed by atoms with Gasteiger partial charge in [0.2, 0.25) is 0 Å².